The van der Waals surface area contributed by atoms with E-state index in [-0.39, 0.29) is 0 Å². The molecule has 1 atom stereocenters. The van der Waals surface area contributed by atoms with E-state index >= 15 is 0 Å². The summed E-state index contributed by atoms with van der Waals surface area (Å²) in [6, 6.07) is 13.5. The minimum absolute atomic E-state index is 0.588. The molecule has 0 aliphatic carbocycles. The fourth-order valence-electron chi connectivity index (χ4n) is 1.91. The molecule has 2 nitrogen and oxygen atoms in total. The van der Waals surface area contributed by atoms with Crippen molar-refractivity contribution < 1.29 is 5.11 Å². The number of hydrogen-bond acceptors (Lipinski definition) is 2. The molecule has 0 saturated carbocycles. The van der Waals surface area contributed by atoms with E-state index in [1.165, 1.54) is 0 Å². The Kier molecular flexibility index (Phi) is 3.16. The van der Waals surface area contributed by atoms with Crippen molar-refractivity contribution in [3.63, 3.8) is 0 Å². The number of aliphatic hydroxyl groups is 1. The molecule has 88 valence electrons. The van der Waals surface area contributed by atoms with Crippen LogP contribution in [0.15, 0.2) is 42.5 Å². The zero-order valence-electron chi connectivity index (χ0n) is 10.1. The van der Waals surface area contributed by atoms with Gasteiger partial charge < -0.3 is 10.8 Å². The van der Waals surface area contributed by atoms with Crippen molar-refractivity contribution in [3.05, 3.63) is 64.7 Å². The number of rotatable bonds is 2. The zero-order valence-corrected chi connectivity index (χ0v) is 10.1. The van der Waals surface area contributed by atoms with E-state index in [1.807, 2.05) is 50.2 Å². The monoisotopic (exact) mass is 227 g/mol. The maximum absolute atomic E-state index is 10.3. The highest BCUT2D eigenvalue weighted by molar-refractivity contribution is 5.43. The van der Waals surface area contributed by atoms with Gasteiger partial charge in [-0.15, -0.1) is 0 Å². The van der Waals surface area contributed by atoms with Crippen LogP contribution >= 0.6 is 0 Å². The lowest BCUT2D eigenvalue weighted by Gasteiger charge is -2.15. The Labute approximate surface area is 102 Å². The average Bonchev–Trinajstić information content (AvgIpc) is 2.32. The van der Waals surface area contributed by atoms with E-state index in [2.05, 4.69) is 6.07 Å². The van der Waals surface area contributed by atoms with Crippen LogP contribution in [0.1, 0.15) is 28.4 Å². The van der Waals surface area contributed by atoms with E-state index in [0.717, 1.165) is 22.3 Å². The summed E-state index contributed by atoms with van der Waals surface area (Å²) in [5.41, 5.74) is 10.4. The Morgan fingerprint density at radius 3 is 2.29 bits per heavy atom. The fraction of sp³-hybridized carbons (Fsp3) is 0.200. The van der Waals surface area contributed by atoms with Gasteiger partial charge in [-0.25, -0.2) is 0 Å². The van der Waals surface area contributed by atoms with E-state index in [4.69, 9.17) is 5.73 Å². The molecule has 0 amide bonds. The molecule has 2 aromatic carbocycles. The lowest BCUT2D eigenvalue weighted by Crippen LogP contribution is -2.02. The maximum Gasteiger partial charge on any atom is 0.104 e. The van der Waals surface area contributed by atoms with Gasteiger partial charge >= 0.3 is 0 Å². The van der Waals surface area contributed by atoms with Crippen LogP contribution in [0.4, 0.5) is 5.69 Å². The third-order valence-corrected chi connectivity index (χ3v) is 2.98. The van der Waals surface area contributed by atoms with Gasteiger partial charge in [-0.1, -0.05) is 35.9 Å². The zero-order chi connectivity index (χ0) is 12.4. The fourth-order valence-corrected chi connectivity index (χ4v) is 1.91. The van der Waals surface area contributed by atoms with E-state index in [0.29, 0.717) is 5.69 Å². The standard InChI is InChI=1S/C15H17NO/c1-10-3-4-11(2)14(9-10)15(17)12-5-7-13(16)8-6-12/h3-9,15,17H,16H2,1-2H3. The van der Waals surface area contributed by atoms with Gasteiger partial charge in [0.05, 0.1) is 0 Å². The second kappa shape index (κ2) is 4.60. The van der Waals surface area contributed by atoms with Crippen LogP contribution in [0.3, 0.4) is 0 Å². The van der Waals surface area contributed by atoms with Crippen molar-refractivity contribution in [2.24, 2.45) is 0 Å². The molecule has 2 rings (SSSR count). The molecule has 0 fully saturated rings. The summed E-state index contributed by atoms with van der Waals surface area (Å²) in [6.07, 6.45) is -0.588. The van der Waals surface area contributed by atoms with Crippen molar-refractivity contribution in [3.8, 4) is 0 Å². The van der Waals surface area contributed by atoms with Gasteiger partial charge in [-0.3, -0.25) is 0 Å². The molecule has 0 aliphatic heterocycles. The predicted molar refractivity (Wildman–Crippen MR) is 70.8 cm³/mol. The molecule has 0 heterocycles. The van der Waals surface area contributed by atoms with Gasteiger partial charge in [-0.05, 0) is 42.7 Å². The van der Waals surface area contributed by atoms with Crippen molar-refractivity contribution in [1.82, 2.24) is 0 Å². The molecule has 17 heavy (non-hydrogen) atoms. The van der Waals surface area contributed by atoms with Crippen LogP contribution in [0, 0.1) is 13.8 Å². The Hall–Kier alpha value is -1.80. The summed E-state index contributed by atoms with van der Waals surface area (Å²) < 4.78 is 0. The van der Waals surface area contributed by atoms with Gasteiger partial charge in [0.1, 0.15) is 6.10 Å². The molecular formula is C15H17NO. The molecule has 2 heteroatoms. The van der Waals surface area contributed by atoms with Gasteiger partial charge in [0.15, 0.2) is 0 Å². The van der Waals surface area contributed by atoms with Gasteiger partial charge in [0, 0.05) is 5.69 Å². The third kappa shape index (κ3) is 2.48. The molecule has 0 saturated heterocycles. The maximum atomic E-state index is 10.3. The quantitative estimate of drug-likeness (QED) is 0.775. The van der Waals surface area contributed by atoms with Crippen LogP contribution in [0.25, 0.3) is 0 Å². The number of aryl methyl sites for hydroxylation is 2. The number of nitrogens with two attached hydrogens (primary N) is 1. The first-order valence-corrected chi connectivity index (χ1v) is 5.68. The van der Waals surface area contributed by atoms with Crippen LogP contribution in [0.5, 0.6) is 0 Å². The van der Waals surface area contributed by atoms with Crippen molar-refractivity contribution in [2.75, 3.05) is 5.73 Å². The molecule has 0 bridgehead atoms. The normalized spacial score (nSPS) is 12.4. The topological polar surface area (TPSA) is 46.2 Å². The average molecular weight is 227 g/mol. The number of aliphatic hydroxyl groups excluding tert-OH is 1. The highest BCUT2D eigenvalue weighted by atomic mass is 16.3. The Morgan fingerprint density at radius 2 is 1.65 bits per heavy atom. The summed E-state index contributed by atoms with van der Waals surface area (Å²) in [4.78, 5) is 0. The molecular weight excluding hydrogens is 210 g/mol. The van der Waals surface area contributed by atoms with Crippen molar-refractivity contribution in [2.45, 2.75) is 20.0 Å². The van der Waals surface area contributed by atoms with Crippen LogP contribution < -0.4 is 5.73 Å². The molecule has 0 radical (unpaired) electrons. The Morgan fingerprint density at radius 1 is 1.00 bits per heavy atom. The first kappa shape index (κ1) is 11.7. The molecule has 1 unspecified atom stereocenters. The predicted octanol–water partition coefficient (Wildman–Crippen LogP) is 2.97. The summed E-state index contributed by atoms with van der Waals surface area (Å²) in [5.74, 6) is 0. The number of benzene rings is 2. The van der Waals surface area contributed by atoms with Crippen LogP contribution in [-0.2, 0) is 0 Å². The van der Waals surface area contributed by atoms with Crippen molar-refractivity contribution in [1.29, 1.82) is 0 Å². The highest BCUT2D eigenvalue weighted by Gasteiger charge is 2.12. The molecule has 0 aromatic heterocycles. The van der Waals surface area contributed by atoms with Gasteiger partial charge in [0.25, 0.3) is 0 Å². The first-order chi connectivity index (χ1) is 8.08. The van der Waals surface area contributed by atoms with E-state index in [9.17, 15) is 5.11 Å². The third-order valence-electron chi connectivity index (χ3n) is 2.98. The lowest BCUT2D eigenvalue weighted by molar-refractivity contribution is 0.219. The second-order valence-corrected chi connectivity index (χ2v) is 4.43. The van der Waals surface area contributed by atoms with Gasteiger partial charge in [0.2, 0.25) is 0 Å². The summed E-state index contributed by atoms with van der Waals surface area (Å²) in [5, 5.41) is 10.3. The van der Waals surface area contributed by atoms with Crippen molar-refractivity contribution >= 4 is 5.69 Å². The Bertz CT molecular complexity index is 517. The summed E-state index contributed by atoms with van der Waals surface area (Å²) >= 11 is 0. The molecule has 0 spiro atoms. The van der Waals surface area contributed by atoms with Gasteiger partial charge in [-0.2, -0.15) is 0 Å². The first-order valence-electron chi connectivity index (χ1n) is 5.68. The SMILES string of the molecule is Cc1ccc(C)c(C(O)c2ccc(N)cc2)c1. The van der Waals surface area contributed by atoms with Crippen LogP contribution in [-0.4, -0.2) is 5.11 Å². The minimum atomic E-state index is -0.588. The summed E-state index contributed by atoms with van der Waals surface area (Å²) in [6.45, 7) is 4.04. The molecule has 3 N–H and O–H groups in total. The highest BCUT2D eigenvalue weighted by Crippen LogP contribution is 2.26. The smallest absolute Gasteiger partial charge is 0.104 e. The number of hydrogen-bond donors (Lipinski definition) is 2. The molecule has 2 aromatic rings. The molecule has 0 aliphatic rings. The minimum Gasteiger partial charge on any atom is -0.399 e. The van der Waals surface area contributed by atoms with Crippen LogP contribution in [0.2, 0.25) is 0 Å². The summed E-state index contributed by atoms with van der Waals surface area (Å²) in [7, 11) is 0. The lowest BCUT2D eigenvalue weighted by atomic mass is 9.96. The Balaban J connectivity index is 2.39. The number of nitrogen functional groups attached to an aromatic ring is 1. The second-order valence-electron chi connectivity index (χ2n) is 4.43. The largest absolute Gasteiger partial charge is 0.399 e. The number of anilines is 1. The van der Waals surface area contributed by atoms with E-state index < -0.39 is 6.10 Å². The van der Waals surface area contributed by atoms with E-state index in [1.54, 1.807) is 0 Å².